The maximum absolute atomic E-state index is 14.0. The van der Waals surface area contributed by atoms with E-state index in [1.807, 2.05) is 0 Å². The molecule has 7 nitrogen and oxygen atoms in total. The van der Waals surface area contributed by atoms with Gasteiger partial charge in [-0.3, -0.25) is 10.2 Å². The molecule has 4 N–H and O–H groups in total. The predicted molar refractivity (Wildman–Crippen MR) is 91.4 cm³/mol. The van der Waals surface area contributed by atoms with Gasteiger partial charge in [-0.25, -0.2) is 14.2 Å². The summed E-state index contributed by atoms with van der Waals surface area (Å²) in [5.74, 6) is 0.107. The number of amides is 2. The van der Waals surface area contributed by atoms with Gasteiger partial charge in [-0.2, -0.15) is 0 Å². The third-order valence-electron chi connectivity index (χ3n) is 4.37. The van der Waals surface area contributed by atoms with Crippen molar-refractivity contribution in [3.05, 3.63) is 47.4 Å². The summed E-state index contributed by atoms with van der Waals surface area (Å²) in [6, 6.07) is 6.18. The van der Waals surface area contributed by atoms with E-state index < -0.39 is 6.23 Å². The van der Waals surface area contributed by atoms with Crippen molar-refractivity contribution in [1.82, 2.24) is 9.88 Å². The molecule has 0 saturated carbocycles. The Kier molecular flexibility index (Phi) is 3.89. The summed E-state index contributed by atoms with van der Waals surface area (Å²) < 4.78 is 19.8. The zero-order valence-electron chi connectivity index (χ0n) is 13.5. The molecular weight excluding hydrogens is 325 g/mol. The summed E-state index contributed by atoms with van der Waals surface area (Å²) in [6.45, 7) is 1.48. The maximum Gasteiger partial charge on any atom is 0.325 e. The molecule has 2 aliphatic heterocycles. The van der Waals surface area contributed by atoms with Crippen molar-refractivity contribution in [2.75, 3.05) is 29.5 Å². The van der Waals surface area contributed by atoms with Crippen LogP contribution in [0.1, 0.15) is 23.8 Å². The molecule has 1 fully saturated rings. The minimum Gasteiger partial charge on any atom is -0.399 e. The normalized spacial score (nSPS) is 19.0. The molecule has 1 aromatic heterocycles. The Labute approximate surface area is 144 Å². The SMILES string of the molecule is Nc1ccc(CNc2ccnc3c2C2OCCCN2C(=O)N3)c(F)c1. The molecule has 25 heavy (non-hydrogen) atoms. The molecule has 4 rings (SSSR count). The molecule has 1 unspecified atom stereocenters. The van der Waals surface area contributed by atoms with E-state index in [2.05, 4.69) is 15.6 Å². The molecule has 1 saturated heterocycles. The number of nitrogens with one attached hydrogen (secondary N) is 2. The van der Waals surface area contributed by atoms with Gasteiger partial charge >= 0.3 is 6.03 Å². The minimum atomic E-state index is -0.482. The number of halogens is 1. The average Bonchev–Trinajstić information content (AvgIpc) is 2.61. The Morgan fingerprint density at radius 1 is 1.44 bits per heavy atom. The summed E-state index contributed by atoms with van der Waals surface area (Å²) in [7, 11) is 0. The summed E-state index contributed by atoms with van der Waals surface area (Å²) in [4.78, 5) is 18.0. The van der Waals surface area contributed by atoms with Crippen molar-refractivity contribution in [3.8, 4) is 0 Å². The van der Waals surface area contributed by atoms with Gasteiger partial charge in [0.05, 0.1) is 12.2 Å². The van der Waals surface area contributed by atoms with Crippen LogP contribution in [-0.2, 0) is 11.3 Å². The number of carbonyl (C=O) groups is 1. The number of hydrogen-bond acceptors (Lipinski definition) is 5. The van der Waals surface area contributed by atoms with E-state index in [4.69, 9.17) is 10.5 Å². The topological polar surface area (TPSA) is 92.5 Å². The number of aromatic nitrogens is 1. The Morgan fingerprint density at radius 3 is 3.16 bits per heavy atom. The van der Waals surface area contributed by atoms with Gasteiger partial charge in [-0.15, -0.1) is 0 Å². The number of ether oxygens (including phenoxy) is 1. The number of nitrogen functional groups attached to an aromatic ring is 1. The first-order valence-electron chi connectivity index (χ1n) is 8.09. The van der Waals surface area contributed by atoms with Crippen molar-refractivity contribution in [1.29, 1.82) is 0 Å². The molecule has 2 amide bonds. The third-order valence-corrected chi connectivity index (χ3v) is 4.37. The molecule has 0 aliphatic carbocycles. The molecule has 130 valence electrons. The quantitative estimate of drug-likeness (QED) is 0.745. The molecule has 3 heterocycles. The highest BCUT2D eigenvalue weighted by molar-refractivity contribution is 5.93. The van der Waals surface area contributed by atoms with Gasteiger partial charge in [0.1, 0.15) is 11.6 Å². The second kappa shape index (κ2) is 6.21. The fourth-order valence-corrected chi connectivity index (χ4v) is 3.13. The van der Waals surface area contributed by atoms with Crippen LogP contribution in [0.4, 0.5) is 26.4 Å². The Bertz CT molecular complexity index is 829. The molecule has 0 radical (unpaired) electrons. The summed E-state index contributed by atoms with van der Waals surface area (Å²) >= 11 is 0. The van der Waals surface area contributed by atoms with Crippen LogP contribution >= 0.6 is 0 Å². The highest BCUT2D eigenvalue weighted by Gasteiger charge is 2.37. The lowest BCUT2D eigenvalue weighted by Crippen LogP contribution is -2.47. The van der Waals surface area contributed by atoms with Crippen molar-refractivity contribution in [3.63, 3.8) is 0 Å². The number of fused-ring (bicyclic) bond motifs is 3. The predicted octanol–water partition coefficient (Wildman–Crippen LogP) is 2.68. The zero-order chi connectivity index (χ0) is 17.4. The van der Waals surface area contributed by atoms with Gasteiger partial charge in [0.2, 0.25) is 0 Å². The standard InChI is InChI=1S/C17H18FN5O2/c18-12-8-11(19)3-2-10(12)9-21-13-4-5-20-15-14(13)16-23(17(24)22-15)6-1-7-25-16/h2-5,8,16H,1,6-7,9,19H2,(H2,20,21,22,24). The fraction of sp³-hybridized carbons (Fsp3) is 0.294. The number of rotatable bonds is 3. The van der Waals surface area contributed by atoms with Crippen LogP contribution in [0.2, 0.25) is 0 Å². The van der Waals surface area contributed by atoms with Crippen LogP contribution in [0.3, 0.4) is 0 Å². The summed E-state index contributed by atoms with van der Waals surface area (Å²) in [5.41, 5.74) is 7.98. The monoisotopic (exact) mass is 343 g/mol. The molecule has 8 heteroatoms. The molecule has 2 aliphatic rings. The molecule has 0 spiro atoms. The average molecular weight is 343 g/mol. The van der Waals surface area contributed by atoms with Crippen molar-refractivity contribution in [2.45, 2.75) is 19.2 Å². The number of nitrogens with two attached hydrogens (primary N) is 1. The van der Waals surface area contributed by atoms with Gasteiger partial charge in [-0.05, 0) is 24.6 Å². The lowest BCUT2D eigenvalue weighted by atomic mass is 10.1. The van der Waals surface area contributed by atoms with Crippen LogP contribution < -0.4 is 16.4 Å². The number of pyridine rings is 1. The Hall–Kier alpha value is -2.87. The summed E-state index contributed by atoms with van der Waals surface area (Å²) in [6.07, 6.45) is 1.91. The van der Waals surface area contributed by atoms with Crippen LogP contribution in [0.25, 0.3) is 0 Å². The van der Waals surface area contributed by atoms with E-state index in [1.54, 1.807) is 29.3 Å². The third kappa shape index (κ3) is 2.85. The van der Waals surface area contributed by atoms with Gasteiger partial charge in [0.25, 0.3) is 0 Å². The zero-order valence-corrected chi connectivity index (χ0v) is 13.5. The minimum absolute atomic E-state index is 0.216. The number of hydrogen-bond donors (Lipinski definition) is 3. The molecule has 1 aromatic carbocycles. The maximum atomic E-state index is 14.0. The molecule has 0 bridgehead atoms. The highest BCUT2D eigenvalue weighted by atomic mass is 19.1. The first-order valence-corrected chi connectivity index (χ1v) is 8.09. The van der Waals surface area contributed by atoms with Gasteiger partial charge < -0.3 is 15.8 Å². The van der Waals surface area contributed by atoms with Gasteiger partial charge in [0.15, 0.2) is 6.23 Å². The van der Waals surface area contributed by atoms with Crippen LogP contribution in [0, 0.1) is 5.82 Å². The van der Waals surface area contributed by atoms with Crippen molar-refractivity contribution >= 4 is 23.2 Å². The number of carbonyl (C=O) groups excluding carboxylic acids is 1. The first kappa shape index (κ1) is 15.6. The highest BCUT2D eigenvalue weighted by Crippen LogP contribution is 2.39. The summed E-state index contributed by atoms with van der Waals surface area (Å²) in [5, 5.41) is 6.00. The molecule has 1 atom stereocenters. The Balaban J connectivity index is 1.63. The fourth-order valence-electron chi connectivity index (χ4n) is 3.13. The van der Waals surface area contributed by atoms with Gasteiger partial charge in [0, 0.05) is 36.2 Å². The van der Waals surface area contributed by atoms with E-state index in [1.165, 1.54) is 6.07 Å². The first-order chi connectivity index (χ1) is 12.1. The van der Waals surface area contributed by atoms with Crippen molar-refractivity contribution < 1.29 is 13.9 Å². The Morgan fingerprint density at radius 2 is 2.32 bits per heavy atom. The van der Waals surface area contributed by atoms with E-state index in [0.717, 1.165) is 17.7 Å². The largest absolute Gasteiger partial charge is 0.399 e. The number of nitrogens with zero attached hydrogens (tertiary/aromatic N) is 2. The van der Waals surface area contributed by atoms with Crippen LogP contribution in [0.5, 0.6) is 0 Å². The number of benzene rings is 1. The number of anilines is 3. The van der Waals surface area contributed by atoms with E-state index >= 15 is 0 Å². The van der Waals surface area contributed by atoms with Crippen LogP contribution in [0.15, 0.2) is 30.5 Å². The van der Waals surface area contributed by atoms with Gasteiger partial charge in [-0.1, -0.05) is 6.07 Å². The van der Waals surface area contributed by atoms with E-state index in [9.17, 15) is 9.18 Å². The molecular formula is C17H18FN5O2. The van der Waals surface area contributed by atoms with Crippen molar-refractivity contribution in [2.24, 2.45) is 0 Å². The second-order valence-electron chi connectivity index (χ2n) is 6.03. The van der Waals surface area contributed by atoms with E-state index in [-0.39, 0.29) is 18.4 Å². The number of urea groups is 1. The lowest BCUT2D eigenvalue weighted by molar-refractivity contribution is -0.0736. The van der Waals surface area contributed by atoms with E-state index in [0.29, 0.717) is 30.2 Å². The smallest absolute Gasteiger partial charge is 0.325 e. The van der Waals surface area contributed by atoms with Crippen LogP contribution in [-0.4, -0.2) is 29.1 Å². The second-order valence-corrected chi connectivity index (χ2v) is 6.03. The lowest BCUT2D eigenvalue weighted by Gasteiger charge is -2.40. The molecule has 2 aromatic rings.